The quantitative estimate of drug-likeness (QED) is 0.630. The van der Waals surface area contributed by atoms with E-state index in [1.54, 1.807) is 5.01 Å². The molecule has 1 aromatic rings. The Bertz CT molecular complexity index is 221. The summed E-state index contributed by atoms with van der Waals surface area (Å²) in [6, 6.07) is 0. The number of nitrogens with one attached hydrogen (secondary N) is 1. The molecule has 0 fully saturated rings. The van der Waals surface area contributed by atoms with Gasteiger partial charge in [0.2, 0.25) is 0 Å². The normalized spacial score (nSPS) is 15.8. The van der Waals surface area contributed by atoms with E-state index in [4.69, 9.17) is 0 Å². The van der Waals surface area contributed by atoms with E-state index in [0.717, 1.165) is 5.82 Å². The van der Waals surface area contributed by atoms with Crippen LogP contribution >= 0.6 is 11.5 Å². The second-order valence-corrected chi connectivity index (χ2v) is 2.28. The topological polar surface area (TPSA) is 65.8 Å². The van der Waals surface area contributed by atoms with Crippen molar-refractivity contribution in [2.75, 3.05) is 11.7 Å². The molecule has 0 aliphatic carbocycles. The maximum absolute atomic E-state index is 3.81. The summed E-state index contributed by atoms with van der Waals surface area (Å²) in [5, 5.41) is 14.6. The van der Waals surface area contributed by atoms with E-state index in [1.807, 2.05) is 5.38 Å². The highest BCUT2D eigenvalue weighted by Gasteiger charge is 2.10. The van der Waals surface area contributed by atoms with Gasteiger partial charge in [0.15, 0.2) is 12.5 Å². The molecule has 0 aromatic carbocycles. The van der Waals surface area contributed by atoms with E-state index in [0.29, 0.717) is 6.67 Å². The second kappa shape index (κ2) is 2.18. The van der Waals surface area contributed by atoms with Gasteiger partial charge in [-0.15, -0.1) is 10.2 Å². The minimum absolute atomic E-state index is 0.505. The summed E-state index contributed by atoms with van der Waals surface area (Å²) >= 11 is 1.30. The van der Waals surface area contributed by atoms with Crippen LogP contribution in [0.15, 0.2) is 15.7 Å². The Labute approximate surface area is 60.7 Å². The van der Waals surface area contributed by atoms with Gasteiger partial charge < -0.3 is 0 Å². The van der Waals surface area contributed by atoms with Crippen molar-refractivity contribution in [1.29, 1.82) is 0 Å². The van der Waals surface area contributed by atoms with E-state index in [2.05, 4.69) is 25.5 Å². The molecule has 0 bridgehead atoms. The van der Waals surface area contributed by atoms with Crippen LogP contribution in [-0.2, 0) is 0 Å². The van der Waals surface area contributed by atoms with Crippen LogP contribution in [0.2, 0.25) is 0 Å². The van der Waals surface area contributed by atoms with Crippen LogP contribution in [0.5, 0.6) is 0 Å². The van der Waals surface area contributed by atoms with Crippen LogP contribution in [0.25, 0.3) is 0 Å². The Morgan fingerprint density at radius 1 is 1.70 bits per heavy atom. The molecule has 0 saturated heterocycles. The van der Waals surface area contributed by atoms with Gasteiger partial charge in [-0.2, -0.15) is 5.53 Å². The molecule has 0 amide bonds. The van der Waals surface area contributed by atoms with Crippen molar-refractivity contribution >= 4 is 17.4 Å². The molecule has 52 valence electrons. The van der Waals surface area contributed by atoms with Crippen LogP contribution in [0, 0.1) is 0 Å². The molecule has 2 rings (SSSR count). The van der Waals surface area contributed by atoms with Crippen molar-refractivity contribution in [3.8, 4) is 0 Å². The third kappa shape index (κ3) is 0.798. The Balaban J connectivity index is 2.14. The van der Waals surface area contributed by atoms with Gasteiger partial charge in [-0.1, -0.05) is 9.71 Å². The lowest BCUT2D eigenvalue weighted by atomic mass is 10.7. The van der Waals surface area contributed by atoms with Gasteiger partial charge in [0.25, 0.3) is 0 Å². The SMILES string of the molecule is c1snnc1N1CN=NN1. The number of hydrogen-bond donors (Lipinski definition) is 1. The first-order chi connectivity index (χ1) is 4.97. The molecule has 1 aromatic heterocycles. The van der Waals surface area contributed by atoms with Gasteiger partial charge in [-0.05, 0) is 11.5 Å². The van der Waals surface area contributed by atoms with Crippen molar-refractivity contribution in [1.82, 2.24) is 15.1 Å². The predicted octanol–water partition coefficient (Wildman–Crippen LogP) is 0.187. The summed E-state index contributed by atoms with van der Waals surface area (Å²) in [5.41, 5.74) is 2.65. The molecule has 0 atom stereocenters. The van der Waals surface area contributed by atoms with Gasteiger partial charge in [-0.25, -0.2) is 5.01 Å². The highest BCUT2D eigenvalue weighted by Crippen LogP contribution is 2.10. The van der Waals surface area contributed by atoms with Crippen LogP contribution < -0.4 is 10.5 Å². The average Bonchev–Trinajstić information content (AvgIpc) is 2.59. The van der Waals surface area contributed by atoms with E-state index in [9.17, 15) is 0 Å². The van der Waals surface area contributed by atoms with Crippen molar-refractivity contribution in [3.63, 3.8) is 0 Å². The molecule has 0 radical (unpaired) electrons. The van der Waals surface area contributed by atoms with E-state index in [1.165, 1.54) is 11.5 Å². The average molecular weight is 156 g/mol. The van der Waals surface area contributed by atoms with Crippen LogP contribution in [0.3, 0.4) is 0 Å². The van der Waals surface area contributed by atoms with Crippen molar-refractivity contribution < 1.29 is 0 Å². The summed E-state index contributed by atoms with van der Waals surface area (Å²) in [7, 11) is 0. The highest BCUT2D eigenvalue weighted by atomic mass is 32.1. The molecule has 0 saturated carbocycles. The van der Waals surface area contributed by atoms with Gasteiger partial charge in [-0.3, -0.25) is 0 Å². The smallest absolute Gasteiger partial charge is 0.185 e. The Hall–Kier alpha value is -1.24. The van der Waals surface area contributed by atoms with Crippen molar-refractivity contribution in [2.24, 2.45) is 10.3 Å². The number of hydrogen-bond acceptors (Lipinski definition) is 7. The summed E-state index contributed by atoms with van der Waals surface area (Å²) in [6.45, 7) is 0.505. The fourth-order valence-electron chi connectivity index (χ4n) is 0.613. The first kappa shape index (κ1) is 5.54. The monoisotopic (exact) mass is 156 g/mol. The molecule has 10 heavy (non-hydrogen) atoms. The lowest BCUT2D eigenvalue weighted by Gasteiger charge is -2.08. The van der Waals surface area contributed by atoms with Gasteiger partial charge in [0.1, 0.15) is 0 Å². The molecule has 0 unspecified atom stereocenters. The molecule has 6 nitrogen and oxygen atoms in total. The Morgan fingerprint density at radius 2 is 2.70 bits per heavy atom. The minimum atomic E-state index is 0.505. The maximum atomic E-state index is 3.81. The third-order valence-corrected chi connectivity index (χ3v) is 1.56. The zero-order valence-electron chi connectivity index (χ0n) is 4.93. The first-order valence-corrected chi connectivity index (χ1v) is 3.47. The highest BCUT2D eigenvalue weighted by molar-refractivity contribution is 7.03. The van der Waals surface area contributed by atoms with E-state index >= 15 is 0 Å². The maximum Gasteiger partial charge on any atom is 0.185 e. The lowest BCUT2D eigenvalue weighted by Crippen LogP contribution is -2.29. The number of anilines is 1. The Morgan fingerprint density at radius 3 is 3.30 bits per heavy atom. The predicted molar refractivity (Wildman–Crippen MR) is 35.2 cm³/mol. The fraction of sp³-hybridized carbons (Fsp3) is 0.333. The number of rotatable bonds is 1. The largest absolute Gasteiger partial charge is 0.227 e. The number of nitrogens with zero attached hydrogens (tertiary/aromatic N) is 5. The standard InChI is InChI=1S/C3H4N6S/c1-3(5-8-10-1)9-2-4-6-7-9/h1H,2H2,(H,4,7). The van der Waals surface area contributed by atoms with E-state index < -0.39 is 0 Å². The Kier molecular flexibility index (Phi) is 1.21. The fourth-order valence-corrected chi connectivity index (χ4v) is 1.06. The molecule has 1 aliphatic heterocycles. The summed E-state index contributed by atoms with van der Waals surface area (Å²) < 4.78 is 3.69. The summed E-state index contributed by atoms with van der Waals surface area (Å²) in [6.07, 6.45) is 0. The second-order valence-electron chi connectivity index (χ2n) is 1.67. The van der Waals surface area contributed by atoms with Gasteiger partial charge >= 0.3 is 0 Å². The lowest BCUT2D eigenvalue weighted by molar-refractivity contribution is 0.734. The molecule has 1 aliphatic rings. The number of hydrazine groups is 1. The molecular formula is C3H4N6S. The van der Waals surface area contributed by atoms with Crippen LogP contribution in [-0.4, -0.2) is 16.3 Å². The summed E-state index contributed by atoms with van der Waals surface area (Å²) in [4.78, 5) is 0. The molecule has 2 heterocycles. The van der Waals surface area contributed by atoms with Crippen molar-refractivity contribution in [3.05, 3.63) is 5.38 Å². The minimum Gasteiger partial charge on any atom is -0.227 e. The zero-order chi connectivity index (χ0) is 6.81. The van der Waals surface area contributed by atoms with E-state index in [-0.39, 0.29) is 0 Å². The van der Waals surface area contributed by atoms with Gasteiger partial charge in [0.05, 0.1) is 5.38 Å². The van der Waals surface area contributed by atoms with Crippen LogP contribution in [0.4, 0.5) is 5.82 Å². The van der Waals surface area contributed by atoms with Crippen LogP contribution in [0.1, 0.15) is 0 Å². The van der Waals surface area contributed by atoms with Crippen molar-refractivity contribution in [2.45, 2.75) is 0 Å². The third-order valence-electron chi connectivity index (χ3n) is 1.07. The first-order valence-electron chi connectivity index (χ1n) is 2.63. The van der Waals surface area contributed by atoms with Gasteiger partial charge in [0, 0.05) is 0 Å². The molecule has 0 spiro atoms. The molecule has 1 N–H and O–H groups in total. The zero-order valence-corrected chi connectivity index (χ0v) is 5.75. The molecular weight excluding hydrogens is 152 g/mol. The number of aromatic nitrogens is 2. The summed E-state index contributed by atoms with van der Waals surface area (Å²) in [5.74, 6) is 0.759. The molecule has 7 heteroatoms.